The van der Waals surface area contributed by atoms with E-state index in [1.165, 1.54) is 44.2 Å². The van der Waals surface area contributed by atoms with Crippen molar-refractivity contribution < 1.29 is 0 Å². The van der Waals surface area contributed by atoms with Crippen molar-refractivity contribution in [2.24, 2.45) is 5.92 Å². The zero-order valence-corrected chi connectivity index (χ0v) is 10.4. The molecule has 1 aromatic rings. The van der Waals surface area contributed by atoms with Gasteiger partial charge >= 0.3 is 0 Å². The highest BCUT2D eigenvalue weighted by Gasteiger charge is 2.19. The Kier molecular flexibility index (Phi) is 4.46. The zero-order valence-electron chi connectivity index (χ0n) is 10.4. The molecule has 1 fully saturated rings. The smallest absolute Gasteiger partial charge is 0.0220 e. The molecule has 1 heterocycles. The summed E-state index contributed by atoms with van der Waals surface area (Å²) in [5, 5.41) is 3.53. The summed E-state index contributed by atoms with van der Waals surface area (Å²) in [5.74, 6) is 1.08. The molecule has 0 aliphatic heterocycles. The molecule has 0 radical (unpaired) electrons. The Balaban J connectivity index is 1.56. The summed E-state index contributed by atoms with van der Waals surface area (Å²) in [7, 11) is 0. The van der Waals surface area contributed by atoms with E-state index in [-0.39, 0.29) is 0 Å². The monoisotopic (exact) mass is 220 g/mol. The lowest BCUT2D eigenvalue weighted by molar-refractivity contribution is 0.593. The number of aromatic nitrogens is 1. The first-order valence-electron chi connectivity index (χ1n) is 6.74. The Morgan fingerprint density at radius 3 is 3.06 bits per heavy atom. The third-order valence-electron chi connectivity index (χ3n) is 3.29. The predicted octanol–water partition coefficient (Wildman–Crippen LogP) is 3.18. The Labute approximate surface area is 99.0 Å². The Morgan fingerprint density at radius 1 is 1.44 bits per heavy atom. The maximum Gasteiger partial charge on any atom is 0.0220 e. The first kappa shape index (κ1) is 11.7. The van der Waals surface area contributed by atoms with Gasteiger partial charge in [0.25, 0.3) is 0 Å². The Hall–Kier alpha value is -0.760. The van der Waals surface area contributed by atoms with Crippen molar-refractivity contribution in [3.05, 3.63) is 24.0 Å². The van der Waals surface area contributed by atoms with Crippen molar-refractivity contribution in [2.45, 2.75) is 52.1 Å². The molecule has 1 saturated carbocycles. The number of nitrogens with zero attached hydrogens (tertiary/aromatic N) is 1. The Morgan fingerprint density at radius 2 is 2.31 bits per heavy atom. The molecule has 0 spiro atoms. The summed E-state index contributed by atoms with van der Waals surface area (Å²) in [6.07, 6.45) is 11.4. The summed E-state index contributed by atoms with van der Waals surface area (Å²) in [4.78, 5) is 0. The van der Waals surface area contributed by atoms with Crippen LogP contribution in [-0.4, -0.2) is 11.1 Å². The van der Waals surface area contributed by atoms with Crippen LogP contribution in [0.15, 0.2) is 18.5 Å². The fourth-order valence-electron chi connectivity index (χ4n) is 2.15. The number of hydrogen-bond donors (Lipinski definition) is 1. The highest BCUT2D eigenvalue weighted by atomic mass is 14.9. The van der Waals surface area contributed by atoms with Gasteiger partial charge in [-0.05, 0) is 43.4 Å². The minimum atomic E-state index is 1.03. The molecule has 2 heteroatoms. The highest BCUT2D eigenvalue weighted by Crippen LogP contribution is 2.33. The SMILES string of the molecule is CCCn1ccc(CNCCCC2CC2)c1. The number of aryl methyl sites for hydroxylation is 1. The van der Waals surface area contributed by atoms with Crippen LogP contribution in [0.4, 0.5) is 0 Å². The molecular formula is C14H24N2. The van der Waals surface area contributed by atoms with Gasteiger partial charge in [0.2, 0.25) is 0 Å². The minimum Gasteiger partial charge on any atom is -0.354 e. The summed E-state index contributed by atoms with van der Waals surface area (Å²) in [6.45, 7) is 5.56. The van der Waals surface area contributed by atoms with Gasteiger partial charge in [-0.1, -0.05) is 19.8 Å². The van der Waals surface area contributed by atoms with Gasteiger partial charge in [0.1, 0.15) is 0 Å². The van der Waals surface area contributed by atoms with Crippen LogP contribution in [0.2, 0.25) is 0 Å². The summed E-state index contributed by atoms with van der Waals surface area (Å²) in [6, 6.07) is 2.23. The summed E-state index contributed by atoms with van der Waals surface area (Å²) >= 11 is 0. The molecular weight excluding hydrogens is 196 g/mol. The molecule has 1 aliphatic rings. The predicted molar refractivity (Wildman–Crippen MR) is 68.4 cm³/mol. The van der Waals surface area contributed by atoms with Gasteiger partial charge in [0.05, 0.1) is 0 Å². The molecule has 90 valence electrons. The molecule has 0 aromatic carbocycles. The number of hydrogen-bond acceptors (Lipinski definition) is 1. The molecule has 2 rings (SSSR count). The van der Waals surface area contributed by atoms with Crippen LogP contribution >= 0.6 is 0 Å². The number of rotatable bonds is 8. The minimum absolute atomic E-state index is 1.03. The molecule has 16 heavy (non-hydrogen) atoms. The lowest BCUT2D eigenvalue weighted by atomic mass is 10.2. The van der Waals surface area contributed by atoms with E-state index in [1.807, 2.05) is 0 Å². The quantitative estimate of drug-likeness (QED) is 0.666. The second kappa shape index (κ2) is 6.09. The van der Waals surface area contributed by atoms with E-state index in [1.54, 1.807) is 0 Å². The summed E-state index contributed by atoms with van der Waals surface area (Å²) in [5.41, 5.74) is 1.42. The molecule has 1 aromatic heterocycles. The van der Waals surface area contributed by atoms with Crippen molar-refractivity contribution in [1.82, 2.24) is 9.88 Å². The van der Waals surface area contributed by atoms with Crippen molar-refractivity contribution in [2.75, 3.05) is 6.54 Å². The second-order valence-corrected chi connectivity index (χ2v) is 5.02. The van der Waals surface area contributed by atoms with Crippen LogP contribution in [0, 0.1) is 5.92 Å². The van der Waals surface area contributed by atoms with E-state index in [4.69, 9.17) is 0 Å². The molecule has 2 nitrogen and oxygen atoms in total. The molecule has 0 unspecified atom stereocenters. The average Bonchev–Trinajstić information content (AvgIpc) is 2.99. The molecule has 0 saturated heterocycles. The van der Waals surface area contributed by atoms with Crippen LogP contribution in [0.25, 0.3) is 0 Å². The van der Waals surface area contributed by atoms with Crippen LogP contribution in [0.3, 0.4) is 0 Å². The fraction of sp³-hybridized carbons (Fsp3) is 0.714. The molecule has 1 N–H and O–H groups in total. The van der Waals surface area contributed by atoms with Crippen molar-refractivity contribution in [1.29, 1.82) is 0 Å². The van der Waals surface area contributed by atoms with Gasteiger partial charge in [-0.15, -0.1) is 0 Å². The average molecular weight is 220 g/mol. The van der Waals surface area contributed by atoms with Crippen LogP contribution in [-0.2, 0) is 13.1 Å². The van der Waals surface area contributed by atoms with Crippen molar-refractivity contribution in [3.63, 3.8) is 0 Å². The topological polar surface area (TPSA) is 17.0 Å². The fourth-order valence-corrected chi connectivity index (χ4v) is 2.15. The van der Waals surface area contributed by atoms with Gasteiger partial charge in [-0.2, -0.15) is 0 Å². The van der Waals surface area contributed by atoms with E-state index in [0.717, 1.165) is 19.0 Å². The maximum absolute atomic E-state index is 3.53. The normalized spacial score (nSPS) is 15.6. The van der Waals surface area contributed by atoms with Crippen molar-refractivity contribution in [3.8, 4) is 0 Å². The first-order chi connectivity index (χ1) is 7.88. The lowest BCUT2D eigenvalue weighted by Crippen LogP contribution is -2.14. The van der Waals surface area contributed by atoms with E-state index >= 15 is 0 Å². The second-order valence-electron chi connectivity index (χ2n) is 5.02. The van der Waals surface area contributed by atoms with Gasteiger partial charge in [-0.3, -0.25) is 0 Å². The third kappa shape index (κ3) is 4.01. The van der Waals surface area contributed by atoms with Crippen LogP contribution in [0.1, 0.15) is 44.6 Å². The van der Waals surface area contributed by atoms with E-state index in [0.29, 0.717) is 0 Å². The zero-order chi connectivity index (χ0) is 11.2. The summed E-state index contributed by atoms with van der Waals surface area (Å²) < 4.78 is 2.28. The molecule has 0 bridgehead atoms. The van der Waals surface area contributed by atoms with E-state index in [9.17, 15) is 0 Å². The van der Waals surface area contributed by atoms with Gasteiger partial charge in [0, 0.05) is 25.5 Å². The maximum atomic E-state index is 3.53. The van der Waals surface area contributed by atoms with E-state index < -0.39 is 0 Å². The van der Waals surface area contributed by atoms with Crippen molar-refractivity contribution >= 4 is 0 Å². The number of nitrogens with one attached hydrogen (secondary N) is 1. The lowest BCUT2D eigenvalue weighted by Gasteiger charge is -2.02. The van der Waals surface area contributed by atoms with Gasteiger partial charge in [-0.25, -0.2) is 0 Å². The third-order valence-corrected chi connectivity index (χ3v) is 3.29. The molecule has 0 atom stereocenters. The Bertz CT molecular complexity index is 299. The highest BCUT2D eigenvalue weighted by molar-refractivity contribution is 5.09. The molecule has 1 aliphatic carbocycles. The van der Waals surface area contributed by atoms with Gasteiger partial charge < -0.3 is 9.88 Å². The van der Waals surface area contributed by atoms with Crippen LogP contribution < -0.4 is 5.32 Å². The van der Waals surface area contributed by atoms with Crippen LogP contribution in [0.5, 0.6) is 0 Å². The largest absolute Gasteiger partial charge is 0.354 e. The van der Waals surface area contributed by atoms with E-state index in [2.05, 4.69) is 35.3 Å². The van der Waals surface area contributed by atoms with Gasteiger partial charge in [0.15, 0.2) is 0 Å². The molecule has 0 amide bonds. The standard InChI is InChI=1S/C14H24N2/c1-2-9-16-10-7-14(12-16)11-15-8-3-4-13-5-6-13/h7,10,12-13,15H,2-6,8-9,11H2,1H3. The first-order valence-corrected chi connectivity index (χ1v) is 6.74.